The van der Waals surface area contributed by atoms with E-state index in [1.165, 1.54) is 6.08 Å². The number of benzene rings is 2. The summed E-state index contributed by atoms with van der Waals surface area (Å²) in [6.45, 7) is 16.9. The predicted octanol–water partition coefficient (Wildman–Crippen LogP) is 5.95. The lowest BCUT2D eigenvalue weighted by molar-refractivity contribution is 0.280. The molecule has 5 heteroatoms. The molecule has 0 amide bonds. The van der Waals surface area contributed by atoms with Crippen LogP contribution in [0.3, 0.4) is 0 Å². The first-order valence-electron chi connectivity index (χ1n) is 10.9. The van der Waals surface area contributed by atoms with E-state index in [4.69, 9.17) is 18.9 Å². The topological polar surface area (TPSA) is 57.2 Å². The normalized spacial score (nSPS) is 12.9. The molecule has 0 saturated carbocycles. The fourth-order valence-corrected chi connectivity index (χ4v) is 3.46. The standard InChI is InChI=1S/C28H34O5/c1-8-20(19(5)21-12-14-25(30-6)27(17-21)32-10-3)16-23(24(29)9-2)22-13-15-26(31-7)28(18-22)33-11-4/h8-9,12-18,20,24,29H,1-2,5,10-11H2,3-4,6-7H3. The molecular weight excluding hydrogens is 416 g/mol. The molecule has 2 unspecified atom stereocenters. The first-order chi connectivity index (χ1) is 15.9. The summed E-state index contributed by atoms with van der Waals surface area (Å²) in [4.78, 5) is 0. The highest BCUT2D eigenvalue weighted by molar-refractivity contribution is 5.77. The van der Waals surface area contributed by atoms with Crippen molar-refractivity contribution >= 4 is 11.1 Å². The second-order valence-corrected chi connectivity index (χ2v) is 7.19. The molecule has 0 aromatic heterocycles. The zero-order chi connectivity index (χ0) is 24.4. The Labute approximate surface area is 197 Å². The van der Waals surface area contributed by atoms with Crippen LogP contribution < -0.4 is 18.9 Å². The Morgan fingerprint density at radius 3 is 1.82 bits per heavy atom. The Bertz CT molecular complexity index is 1010. The maximum Gasteiger partial charge on any atom is 0.161 e. The van der Waals surface area contributed by atoms with E-state index in [0.717, 1.165) is 16.7 Å². The molecule has 0 saturated heterocycles. The van der Waals surface area contributed by atoms with Crippen LogP contribution >= 0.6 is 0 Å². The Kier molecular flexibility index (Phi) is 9.83. The van der Waals surface area contributed by atoms with Crippen molar-refractivity contribution < 1.29 is 24.1 Å². The SMILES string of the molecule is C=CC(O)C(=CC(C=C)C(=C)c1ccc(OC)c(OCC)c1)c1ccc(OC)c(OCC)c1. The van der Waals surface area contributed by atoms with E-state index in [1.807, 2.05) is 56.3 Å². The van der Waals surface area contributed by atoms with Gasteiger partial charge in [-0.15, -0.1) is 13.2 Å². The number of allylic oxidation sites excluding steroid dienone is 3. The molecule has 0 fully saturated rings. The molecule has 2 rings (SSSR count). The van der Waals surface area contributed by atoms with Crippen LogP contribution in [0.4, 0.5) is 0 Å². The maximum atomic E-state index is 10.7. The Hall–Kier alpha value is -3.44. The van der Waals surface area contributed by atoms with Gasteiger partial charge in [0, 0.05) is 5.92 Å². The predicted molar refractivity (Wildman–Crippen MR) is 135 cm³/mol. The lowest BCUT2D eigenvalue weighted by Crippen LogP contribution is -2.09. The number of methoxy groups -OCH3 is 2. The van der Waals surface area contributed by atoms with Gasteiger partial charge in [0.15, 0.2) is 23.0 Å². The second kappa shape index (κ2) is 12.6. The minimum Gasteiger partial charge on any atom is -0.493 e. The van der Waals surface area contributed by atoms with E-state index in [0.29, 0.717) is 41.8 Å². The summed E-state index contributed by atoms with van der Waals surface area (Å²) in [6, 6.07) is 11.2. The highest BCUT2D eigenvalue weighted by atomic mass is 16.5. The third-order valence-corrected chi connectivity index (χ3v) is 5.19. The van der Waals surface area contributed by atoms with Crippen molar-refractivity contribution in [2.24, 2.45) is 5.92 Å². The van der Waals surface area contributed by atoms with Crippen molar-refractivity contribution in [3.63, 3.8) is 0 Å². The molecule has 176 valence electrons. The molecule has 2 aromatic rings. The van der Waals surface area contributed by atoms with Crippen LogP contribution in [-0.4, -0.2) is 38.6 Å². The quantitative estimate of drug-likeness (QED) is 0.382. The smallest absolute Gasteiger partial charge is 0.161 e. The first kappa shape index (κ1) is 25.8. The van der Waals surface area contributed by atoms with Crippen molar-refractivity contribution in [1.82, 2.24) is 0 Å². The van der Waals surface area contributed by atoms with Crippen LogP contribution in [0, 0.1) is 5.92 Å². The Morgan fingerprint density at radius 2 is 1.36 bits per heavy atom. The molecule has 5 nitrogen and oxygen atoms in total. The molecule has 0 heterocycles. The molecule has 0 bridgehead atoms. The molecule has 0 aliphatic heterocycles. The average Bonchev–Trinajstić information content (AvgIpc) is 2.84. The summed E-state index contributed by atoms with van der Waals surface area (Å²) in [6.07, 6.45) is 4.32. The molecule has 0 aliphatic carbocycles. The van der Waals surface area contributed by atoms with E-state index in [-0.39, 0.29) is 5.92 Å². The van der Waals surface area contributed by atoms with Gasteiger partial charge in [-0.2, -0.15) is 0 Å². The van der Waals surface area contributed by atoms with E-state index in [1.54, 1.807) is 20.3 Å². The third kappa shape index (κ3) is 6.30. The minimum absolute atomic E-state index is 0.255. The van der Waals surface area contributed by atoms with Gasteiger partial charge in [0.2, 0.25) is 0 Å². The first-order valence-corrected chi connectivity index (χ1v) is 10.9. The van der Waals surface area contributed by atoms with Crippen molar-refractivity contribution in [3.8, 4) is 23.0 Å². The number of aliphatic hydroxyl groups excluding tert-OH is 1. The van der Waals surface area contributed by atoms with Gasteiger partial charge in [-0.1, -0.05) is 36.9 Å². The number of aliphatic hydroxyl groups is 1. The van der Waals surface area contributed by atoms with Gasteiger partial charge in [-0.25, -0.2) is 0 Å². The molecule has 0 spiro atoms. The lowest BCUT2D eigenvalue weighted by Gasteiger charge is -2.20. The van der Waals surface area contributed by atoms with E-state index in [2.05, 4.69) is 19.7 Å². The molecule has 1 N–H and O–H groups in total. The van der Waals surface area contributed by atoms with Crippen LogP contribution in [0.5, 0.6) is 23.0 Å². The van der Waals surface area contributed by atoms with Crippen LogP contribution in [-0.2, 0) is 0 Å². The van der Waals surface area contributed by atoms with E-state index < -0.39 is 6.10 Å². The van der Waals surface area contributed by atoms with Crippen molar-refractivity contribution in [3.05, 3.63) is 85.5 Å². The summed E-state index contributed by atoms with van der Waals surface area (Å²) < 4.78 is 22.2. The highest BCUT2D eigenvalue weighted by Crippen LogP contribution is 2.36. The summed E-state index contributed by atoms with van der Waals surface area (Å²) in [7, 11) is 3.20. The zero-order valence-electron chi connectivity index (χ0n) is 20.0. The van der Waals surface area contributed by atoms with E-state index in [9.17, 15) is 5.11 Å². The fourth-order valence-electron chi connectivity index (χ4n) is 3.46. The average molecular weight is 451 g/mol. The Morgan fingerprint density at radius 1 is 0.848 bits per heavy atom. The third-order valence-electron chi connectivity index (χ3n) is 5.19. The maximum absolute atomic E-state index is 10.7. The summed E-state index contributed by atoms with van der Waals surface area (Å²) in [5.74, 6) is 2.27. The number of rotatable bonds is 13. The zero-order valence-corrected chi connectivity index (χ0v) is 20.0. The molecule has 0 aliphatic rings. The largest absolute Gasteiger partial charge is 0.493 e. The number of hydrogen-bond acceptors (Lipinski definition) is 5. The molecular formula is C28H34O5. The summed E-state index contributed by atoms with van der Waals surface area (Å²) in [5.41, 5.74) is 3.15. The van der Waals surface area contributed by atoms with Crippen molar-refractivity contribution in [2.75, 3.05) is 27.4 Å². The van der Waals surface area contributed by atoms with Gasteiger partial charge in [-0.3, -0.25) is 0 Å². The van der Waals surface area contributed by atoms with Gasteiger partial charge >= 0.3 is 0 Å². The van der Waals surface area contributed by atoms with Crippen LogP contribution in [0.15, 0.2) is 74.4 Å². The van der Waals surface area contributed by atoms with E-state index >= 15 is 0 Å². The van der Waals surface area contributed by atoms with Crippen LogP contribution in [0.25, 0.3) is 11.1 Å². The summed E-state index contributed by atoms with van der Waals surface area (Å²) >= 11 is 0. The van der Waals surface area contributed by atoms with Crippen molar-refractivity contribution in [1.29, 1.82) is 0 Å². The van der Waals surface area contributed by atoms with Gasteiger partial charge in [-0.05, 0) is 60.4 Å². The monoisotopic (exact) mass is 450 g/mol. The molecule has 2 atom stereocenters. The summed E-state index contributed by atoms with van der Waals surface area (Å²) in [5, 5.41) is 10.7. The van der Waals surface area contributed by atoms with Crippen molar-refractivity contribution in [2.45, 2.75) is 20.0 Å². The van der Waals surface area contributed by atoms with Crippen LogP contribution in [0.1, 0.15) is 25.0 Å². The second-order valence-electron chi connectivity index (χ2n) is 7.19. The van der Waals surface area contributed by atoms with Crippen LogP contribution in [0.2, 0.25) is 0 Å². The molecule has 33 heavy (non-hydrogen) atoms. The Balaban J connectivity index is 2.52. The molecule has 0 radical (unpaired) electrons. The fraction of sp³-hybridized carbons (Fsp3) is 0.286. The van der Waals surface area contributed by atoms with Gasteiger partial charge in [0.05, 0.1) is 33.5 Å². The minimum atomic E-state index is -0.891. The van der Waals surface area contributed by atoms with Gasteiger partial charge in [0.1, 0.15) is 0 Å². The van der Waals surface area contributed by atoms with Gasteiger partial charge in [0.25, 0.3) is 0 Å². The van der Waals surface area contributed by atoms with Gasteiger partial charge < -0.3 is 24.1 Å². The number of hydrogen-bond donors (Lipinski definition) is 1. The molecule has 2 aromatic carbocycles. The number of ether oxygens (including phenoxy) is 4. The highest BCUT2D eigenvalue weighted by Gasteiger charge is 2.18. The lowest BCUT2D eigenvalue weighted by atomic mass is 9.88.